The lowest BCUT2D eigenvalue weighted by molar-refractivity contribution is -0.133. The summed E-state index contributed by atoms with van der Waals surface area (Å²) in [6.07, 6.45) is 0. The van der Waals surface area contributed by atoms with Crippen molar-refractivity contribution in [1.29, 1.82) is 0 Å². The number of carbonyl (C=O) groups is 1. The molecule has 0 spiro atoms. The van der Waals surface area contributed by atoms with Crippen LogP contribution in [0.4, 0.5) is 0 Å². The third-order valence-electron chi connectivity index (χ3n) is 2.46. The minimum absolute atomic E-state index is 0.0361. The first-order valence-corrected chi connectivity index (χ1v) is 6.86. The van der Waals surface area contributed by atoms with E-state index in [2.05, 4.69) is 10.1 Å². The van der Waals surface area contributed by atoms with Crippen LogP contribution in [0.2, 0.25) is 5.02 Å². The highest BCUT2D eigenvalue weighted by Crippen LogP contribution is 2.24. The largest absolute Gasteiger partial charge is 0.481 e. The van der Waals surface area contributed by atoms with E-state index in [0.717, 1.165) is 22.9 Å². The van der Waals surface area contributed by atoms with Gasteiger partial charge < -0.3 is 5.11 Å². The molecule has 0 bridgehead atoms. The Morgan fingerprint density at radius 1 is 1.53 bits per heavy atom. The summed E-state index contributed by atoms with van der Waals surface area (Å²) in [6.45, 7) is 1.91. The average Bonchev–Trinajstić information content (AvgIpc) is 2.71. The van der Waals surface area contributed by atoms with E-state index in [0.29, 0.717) is 16.0 Å². The number of carboxylic acid groups (broad SMARTS) is 1. The van der Waals surface area contributed by atoms with Crippen molar-refractivity contribution in [3.8, 4) is 11.4 Å². The van der Waals surface area contributed by atoms with Crippen LogP contribution >= 0.6 is 23.4 Å². The molecule has 2 aromatic rings. The Bertz CT molecular complexity index is 627. The molecule has 0 radical (unpaired) electrons. The van der Waals surface area contributed by atoms with Crippen LogP contribution in [0.5, 0.6) is 0 Å². The number of rotatable bonds is 4. The van der Waals surface area contributed by atoms with E-state index in [1.54, 1.807) is 17.8 Å². The molecule has 0 saturated carbocycles. The van der Waals surface area contributed by atoms with Gasteiger partial charge in [-0.25, -0.2) is 9.67 Å². The van der Waals surface area contributed by atoms with Crippen molar-refractivity contribution in [3.63, 3.8) is 0 Å². The van der Waals surface area contributed by atoms with Crippen molar-refractivity contribution in [1.82, 2.24) is 14.8 Å². The Morgan fingerprint density at radius 2 is 2.26 bits per heavy atom. The summed E-state index contributed by atoms with van der Waals surface area (Å²) in [7, 11) is 1.74. The Morgan fingerprint density at radius 3 is 2.89 bits per heavy atom. The predicted octanol–water partition coefficient (Wildman–Crippen LogP) is 2.62. The number of hydrogen-bond donors (Lipinski definition) is 1. The van der Waals surface area contributed by atoms with Crippen LogP contribution in [0.15, 0.2) is 23.4 Å². The summed E-state index contributed by atoms with van der Waals surface area (Å²) in [4.78, 5) is 14.9. The molecule has 7 heteroatoms. The highest BCUT2D eigenvalue weighted by atomic mass is 35.5. The molecule has 0 amide bonds. The number of thioether (sulfide) groups is 1. The molecule has 2 rings (SSSR count). The molecule has 0 fully saturated rings. The minimum Gasteiger partial charge on any atom is -0.481 e. The average molecular weight is 298 g/mol. The monoisotopic (exact) mass is 297 g/mol. The Balaban J connectivity index is 2.28. The van der Waals surface area contributed by atoms with E-state index < -0.39 is 5.97 Å². The van der Waals surface area contributed by atoms with E-state index >= 15 is 0 Å². The summed E-state index contributed by atoms with van der Waals surface area (Å²) < 4.78 is 1.58. The Kier molecular flexibility index (Phi) is 4.11. The lowest BCUT2D eigenvalue weighted by Crippen LogP contribution is -2.00. The second-order valence-corrected chi connectivity index (χ2v) is 5.34. The molecular weight excluding hydrogens is 286 g/mol. The van der Waals surface area contributed by atoms with Crippen molar-refractivity contribution in [2.24, 2.45) is 7.05 Å². The summed E-state index contributed by atoms with van der Waals surface area (Å²) in [5, 5.41) is 14.2. The summed E-state index contributed by atoms with van der Waals surface area (Å²) in [5.41, 5.74) is 1.81. The first-order valence-electron chi connectivity index (χ1n) is 5.49. The fourth-order valence-electron chi connectivity index (χ4n) is 1.53. The smallest absolute Gasteiger partial charge is 0.313 e. The van der Waals surface area contributed by atoms with E-state index in [-0.39, 0.29) is 5.75 Å². The third kappa shape index (κ3) is 3.27. The van der Waals surface area contributed by atoms with Crippen molar-refractivity contribution >= 4 is 29.3 Å². The van der Waals surface area contributed by atoms with Crippen molar-refractivity contribution < 1.29 is 9.90 Å². The molecule has 1 N–H and O–H groups in total. The molecule has 1 aromatic carbocycles. The first kappa shape index (κ1) is 13.9. The Labute approximate surface area is 119 Å². The lowest BCUT2D eigenvalue weighted by Gasteiger charge is -1.99. The lowest BCUT2D eigenvalue weighted by atomic mass is 10.1. The predicted molar refractivity (Wildman–Crippen MR) is 74.5 cm³/mol. The number of carboxylic acids is 1. The number of aromatic nitrogens is 3. The van der Waals surface area contributed by atoms with E-state index in [9.17, 15) is 4.79 Å². The molecule has 0 atom stereocenters. The van der Waals surface area contributed by atoms with E-state index in [1.165, 1.54) is 0 Å². The van der Waals surface area contributed by atoms with Crippen LogP contribution in [0.25, 0.3) is 11.4 Å². The van der Waals surface area contributed by atoms with Gasteiger partial charge in [-0.3, -0.25) is 4.79 Å². The van der Waals surface area contributed by atoms with Gasteiger partial charge in [0.1, 0.15) is 0 Å². The SMILES string of the molecule is Cc1cc(-c2nc(SCC(=O)O)n(C)n2)ccc1Cl. The van der Waals surface area contributed by atoms with Gasteiger partial charge in [0, 0.05) is 17.6 Å². The van der Waals surface area contributed by atoms with Crippen molar-refractivity contribution in [2.45, 2.75) is 12.1 Å². The van der Waals surface area contributed by atoms with Gasteiger partial charge in [-0.15, -0.1) is 0 Å². The van der Waals surface area contributed by atoms with Gasteiger partial charge in [0.05, 0.1) is 5.75 Å². The van der Waals surface area contributed by atoms with Gasteiger partial charge in [-0.05, 0) is 30.7 Å². The number of hydrogen-bond acceptors (Lipinski definition) is 4. The van der Waals surface area contributed by atoms with Gasteiger partial charge in [-0.2, -0.15) is 5.10 Å². The second-order valence-electron chi connectivity index (χ2n) is 3.99. The topological polar surface area (TPSA) is 68.0 Å². The molecular formula is C12H12ClN3O2S. The maximum absolute atomic E-state index is 10.5. The maximum Gasteiger partial charge on any atom is 0.313 e. The number of aliphatic carboxylic acids is 1. The molecule has 0 aliphatic heterocycles. The molecule has 1 aromatic heterocycles. The maximum atomic E-state index is 10.5. The van der Waals surface area contributed by atoms with Gasteiger partial charge in [0.25, 0.3) is 0 Å². The molecule has 0 saturated heterocycles. The number of benzene rings is 1. The Hall–Kier alpha value is -1.53. The molecule has 0 unspecified atom stereocenters. The van der Waals surface area contributed by atoms with Gasteiger partial charge in [0.2, 0.25) is 0 Å². The summed E-state index contributed by atoms with van der Waals surface area (Å²) in [5.74, 6) is -0.349. The van der Waals surface area contributed by atoms with Crippen molar-refractivity contribution in [2.75, 3.05) is 5.75 Å². The summed E-state index contributed by atoms with van der Waals surface area (Å²) in [6, 6.07) is 5.55. The summed E-state index contributed by atoms with van der Waals surface area (Å²) >= 11 is 7.12. The van der Waals surface area contributed by atoms with E-state index in [4.69, 9.17) is 16.7 Å². The molecule has 100 valence electrons. The van der Waals surface area contributed by atoms with Gasteiger partial charge in [-0.1, -0.05) is 23.4 Å². The van der Waals surface area contributed by atoms with Crippen LogP contribution in [0.1, 0.15) is 5.56 Å². The fraction of sp³-hybridized carbons (Fsp3) is 0.250. The van der Waals surface area contributed by atoms with Crippen LogP contribution in [0.3, 0.4) is 0 Å². The number of aryl methyl sites for hydroxylation is 2. The molecule has 1 heterocycles. The van der Waals surface area contributed by atoms with Crippen LogP contribution in [-0.2, 0) is 11.8 Å². The zero-order chi connectivity index (χ0) is 14.0. The zero-order valence-corrected chi connectivity index (χ0v) is 12.0. The number of nitrogens with zero attached hydrogens (tertiary/aromatic N) is 3. The number of halogens is 1. The zero-order valence-electron chi connectivity index (χ0n) is 10.4. The van der Waals surface area contributed by atoms with Gasteiger partial charge >= 0.3 is 5.97 Å². The third-order valence-corrected chi connectivity index (χ3v) is 3.89. The normalized spacial score (nSPS) is 10.7. The molecule has 5 nitrogen and oxygen atoms in total. The highest BCUT2D eigenvalue weighted by molar-refractivity contribution is 7.99. The molecule has 19 heavy (non-hydrogen) atoms. The standard InChI is InChI=1S/C12H12ClN3O2S/c1-7-5-8(3-4-9(7)13)11-14-12(16(2)15-11)19-6-10(17)18/h3-5H,6H2,1-2H3,(H,17,18). The fourth-order valence-corrected chi connectivity index (χ4v) is 2.28. The highest BCUT2D eigenvalue weighted by Gasteiger charge is 2.11. The molecule has 0 aliphatic carbocycles. The van der Waals surface area contributed by atoms with Crippen molar-refractivity contribution in [3.05, 3.63) is 28.8 Å². The molecule has 0 aliphatic rings. The van der Waals surface area contributed by atoms with E-state index in [1.807, 2.05) is 19.1 Å². The van der Waals surface area contributed by atoms with Crippen LogP contribution < -0.4 is 0 Å². The quantitative estimate of drug-likeness (QED) is 0.879. The van der Waals surface area contributed by atoms with Gasteiger partial charge in [0.15, 0.2) is 11.0 Å². The first-order chi connectivity index (χ1) is 8.97. The van der Waals surface area contributed by atoms with Crippen LogP contribution in [-0.4, -0.2) is 31.6 Å². The second kappa shape index (κ2) is 5.63. The minimum atomic E-state index is -0.878. The van der Waals surface area contributed by atoms with Crippen LogP contribution in [0, 0.1) is 6.92 Å².